The van der Waals surface area contributed by atoms with Crippen molar-refractivity contribution in [2.75, 3.05) is 5.88 Å². The van der Waals surface area contributed by atoms with Crippen LogP contribution < -0.4 is 10.9 Å². The Kier molecular flexibility index (Phi) is 7.69. The van der Waals surface area contributed by atoms with Crippen LogP contribution in [-0.2, 0) is 25.6 Å². The number of hydrogen-bond acceptors (Lipinski definition) is 7. The van der Waals surface area contributed by atoms with Crippen LogP contribution in [0.4, 0.5) is 4.79 Å². The van der Waals surface area contributed by atoms with Gasteiger partial charge in [-0.2, -0.15) is 0 Å². The lowest BCUT2D eigenvalue weighted by Gasteiger charge is -2.28. The molecule has 34 heavy (non-hydrogen) atoms. The second-order valence-corrected chi connectivity index (χ2v) is 11.4. The van der Waals surface area contributed by atoms with E-state index in [1.165, 1.54) is 16.8 Å². The highest BCUT2D eigenvalue weighted by Gasteiger charge is 2.41. The number of benzene rings is 1. The highest BCUT2D eigenvalue weighted by molar-refractivity contribution is 8.03. The fourth-order valence-electron chi connectivity index (χ4n) is 3.32. The lowest BCUT2D eigenvalue weighted by molar-refractivity contribution is -0.141. The third kappa shape index (κ3) is 6.77. The first-order valence-corrected chi connectivity index (χ1v) is 12.2. The molecule has 0 fully saturated rings. The molecule has 0 saturated heterocycles. The molecular formula is C24H30ClN3O5S. The number of halogens is 1. The van der Waals surface area contributed by atoms with Crippen molar-refractivity contribution in [2.45, 2.75) is 59.2 Å². The van der Waals surface area contributed by atoms with Crippen LogP contribution in [-0.4, -0.2) is 39.9 Å². The Morgan fingerprint density at radius 2 is 1.76 bits per heavy atom. The summed E-state index contributed by atoms with van der Waals surface area (Å²) < 4.78 is 5.34. The van der Waals surface area contributed by atoms with Gasteiger partial charge in [-0.05, 0) is 65.7 Å². The van der Waals surface area contributed by atoms with Crippen LogP contribution in [0, 0.1) is 5.92 Å². The molecule has 2 N–H and O–H groups in total. The maximum absolute atomic E-state index is 13.5. The summed E-state index contributed by atoms with van der Waals surface area (Å²) in [4.78, 5) is 44.9. The normalized spacial score (nSPS) is 18.4. The third-order valence-corrected chi connectivity index (χ3v) is 6.04. The van der Waals surface area contributed by atoms with Crippen molar-refractivity contribution in [2.24, 2.45) is 5.92 Å². The lowest BCUT2D eigenvalue weighted by atomic mass is 9.87. The molecule has 2 aliphatic rings. The largest absolute Gasteiger partial charge is 0.443 e. The SMILES string of the molecule is CC(C)(C)ONC(=O)C1=CC(Cc2ccc(Cl)cc2)C(=O)C2=C1SCN2NC(=O)OC(C)(C)C. The molecular weight excluding hydrogens is 478 g/mol. The van der Waals surface area contributed by atoms with Gasteiger partial charge in [0.2, 0.25) is 0 Å². The van der Waals surface area contributed by atoms with Crippen molar-refractivity contribution < 1.29 is 24.0 Å². The van der Waals surface area contributed by atoms with Gasteiger partial charge in [0.15, 0.2) is 5.78 Å². The predicted octanol–water partition coefficient (Wildman–Crippen LogP) is 4.51. The number of hydroxylamine groups is 1. The summed E-state index contributed by atoms with van der Waals surface area (Å²) in [5, 5.41) is 2.04. The molecule has 1 aromatic rings. The summed E-state index contributed by atoms with van der Waals surface area (Å²) >= 11 is 7.28. The minimum Gasteiger partial charge on any atom is -0.443 e. The van der Waals surface area contributed by atoms with Crippen molar-refractivity contribution in [1.82, 2.24) is 15.9 Å². The Morgan fingerprint density at radius 3 is 2.35 bits per heavy atom. The Balaban J connectivity index is 1.90. The maximum atomic E-state index is 13.5. The number of thioether (sulfide) groups is 1. The van der Waals surface area contributed by atoms with Gasteiger partial charge in [0.1, 0.15) is 11.3 Å². The van der Waals surface area contributed by atoms with E-state index in [9.17, 15) is 14.4 Å². The number of carbonyl (C=O) groups excluding carboxylic acids is 3. The van der Waals surface area contributed by atoms with E-state index >= 15 is 0 Å². The molecule has 184 valence electrons. The van der Waals surface area contributed by atoms with Gasteiger partial charge in [-0.25, -0.2) is 15.7 Å². The van der Waals surface area contributed by atoms with Gasteiger partial charge in [0, 0.05) is 10.9 Å². The highest BCUT2D eigenvalue weighted by atomic mass is 35.5. The zero-order chi connectivity index (χ0) is 25.3. The zero-order valence-corrected chi connectivity index (χ0v) is 21.7. The molecule has 0 saturated carbocycles. The number of hydrazine groups is 1. The number of ether oxygens (including phenoxy) is 1. The van der Waals surface area contributed by atoms with E-state index in [0.717, 1.165) is 5.56 Å². The average molecular weight is 508 g/mol. The van der Waals surface area contributed by atoms with Crippen molar-refractivity contribution >= 4 is 41.1 Å². The molecule has 1 aliphatic heterocycles. The second-order valence-electron chi connectivity index (χ2n) is 10.0. The molecule has 0 aromatic heterocycles. The quantitative estimate of drug-likeness (QED) is 0.566. The van der Waals surface area contributed by atoms with Gasteiger partial charge in [0.25, 0.3) is 5.91 Å². The standard InChI is InChI=1S/C24H30ClN3O5S/c1-23(2,3)32-22(31)26-28-13-34-20-17(21(30)27-33-24(4,5)6)12-15(19(29)18(20)28)11-14-7-9-16(25)10-8-14/h7-10,12,15H,11,13H2,1-6H3,(H,26,31)(H,27,30). The Morgan fingerprint density at radius 1 is 1.12 bits per heavy atom. The minimum atomic E-state index is -0.697. The molecule has 1 heterocycles. The van der Waals surface area contributed by atoms with E-state index in [4.69, 9.17) is 21.2 Å². The third-order valence-electron chi connectivity index (χ3n) is 4.69. The lowest BCUT2D eigenvalue weighted by Crippen LogP contribution is -2.45. The number of Topliss-reactive ketones (excluding diaryl/α,β-unsaturated/α-hetero) is 1. The highest BCUT2D eigenvalue weighted by Crippen LogP contribution is 2.42. The predicted molar refractivity (Wildman–Crippen MR) is 131 cm³/mol. The van der Waals surface area contributed by atoms with Crippen molar-refractivity contribution in [3.05, 3.63) is 57.1 Å². The van der Waals surface area contributed by atoms with Gasteiger partial charge in [0.05, 0.1) is 22.0 Å². The number of rotatable bonds is 5. The van der Waals surface area contributed by atoms with Crippen LogP contribution in [0.1, 0.15) is 47.1 Å². The van der Waals surface area contributed by atoms with Gasteiger partial charge >= 0.3 is 6.09 Å². The Bertz CT molecular complexity index is 1040. The molecule has 8 nitrogen and oxygen atoms in total. The fraction of sp³-hybridized carbons (Fsp3) is 0.458. The van der Waals surface area contributed by atoms with E-state index < -0.39 is 29.1 Å². The maximum Gasteiger partial charge on any atom is 0.426 e. The van der Waals surface area contributed by atoms with E-state index in [2.05, 4.69) is 10.9 Å². The van der Waals surface area contributed by atoms with Gasteiger partial charge < -0.3 is 4.74 Å². The van der Waals surface area contributed by atoms with Crippen LogP contribution in [0.15, 0.2) is 46.5 Å². The van der Waals surface area contributed by atoms with Crippen LogP contribution in [0.25, 0.3) is 0 Å². The van der Waals surface area contributed by atoms with E-state index in [1.54, 1.807) is 39.0 Å². The number of nitrogens with one attached hydrogen (secondary N) is 2. The molecule has 2 amide bonds. The molecule has 1 unspecified atom stereocenters. The Labute approximate surface area is 209 Å². The van der Waals surface area contributed by atoms with Gasteiger partial charge in [-0.1, -0.05) is 41.6 Å². The molecule has 3 rings (SSSR count). The number of allylic oxidation sites excluding steroid dienone is 2. The van der Waals surface area contributed by atoms with E-state index in [0.29, 0.717) is 21.9 Å². The molecule has 1 aliphatic carbocycles. The van der Waals surface area contributed by atoms with Crippen molar-refractivity contribution in [3.8, 4) is 0 Å². The van der Waals surface area contributed by atoms with E-state index in [-0.39, 0.29) is 17.4 Å². The second kappa shape index (κ2) is 10.0. The fourth-order valence-corrected chi connectivity index (χ4v) is 4.56. The number of amides is 2. The van der Waals surface area contributed by atoms with Crippen LogP contribution >= 0.6 is 23.4 Å². The molecule has 0 bridgehead atoms. The van der Waals surface area contributed by atoms with Gasteiger partial charge in [-0.15, -0.1) is 0 Å². The smallest absolute Gasteiger partial charge is 0.426 e. The van der Waals surface area contributed by atoms with Crippen LogP contribution in [0.3, 0.4) is 0 Å². The summed E-state index contributed by atoms with van der Waals surface area (Å²) in [6, 6.07) is 7.20. The number of ketones is 1. The Hall–Kier alpha value is -2.49. The molecule has 0 radical (unpaired) electrons. The first-order valence-electron chi connectivity index (χ1n) is 10.9. The topological polar surface area (TPSA) is 97.0 Å². The summed E-state index contributed by atoms with van der Waals surface area (Å²) in [5.74, 6) is -1.01. The van der Waals surface area contributed by atoms with Crippen molar-refractivity contribution in [3.63, 3.8) is 0 Å². The summed E-state index contributed by atoms with van der Waals surface area (Å²) in [7, 11) is 0. The number of hydrogen-bond donors (Lipinski definition) is 2. The van der Waals surface area contributed by atoms with Gasteiger partial charge in [-0.3, -0.25) is 19.4 Å². The summed E-state index contributed by atoms with van der Waals surface area (Å²) in [6.07, 6.45) is 1.36. The monoisotopic (exact) mass is 507 g/mol. The summed E-state index contributed by atoms with van der Waals surface area (Å²) in [5.41, 5.74) is 5.32. The first kappa shape index (κ1) is 26.1. The number of carbonyl (C=O) groups is 3. The number of nitrogens with zero attached hydrogens (tertiary/aromatic N) is 1. The molecule has 10 heteroatoms. The van der Waals surface area contributed by atoms with Crippen LogP contribution in [0.2, 0.25) is 5.02 Å². The minimum absolute atomic E-state index is 0.195. The molecule has 0 spiro atoms. The zero-order valence-electron chi connectivity index (χ0n) is 20.2. The molecule has 1 atom stereocenters. The van der Waals surface area contributed by atoms with Crippen molar-refractivity contribution in [1.29, 1.82) is 0 Å². The van der Waals surface area contributed by atoms with E-state index in [1.807, 2.05) is 32.9 Å². The average Bonchev–Trinajstić information content (AvgIpc) is 3.11. The molecule has 1 aromatic carbocycles. The first-order chi connectivity index (χ1) is 15.7. The summed E-state index contributed by atoms with van der Waals surface area (Å²) in [6.45, 7) is 10.7. The van der Waals surface area contributed by atoms with Crippen LogP contribution in [0.5, 0.6) is 0 Å².